The van der Waals surface area contributed by atoms with Crippen LogP contribution in [0.4, 0.5) is 4.79 Å². The zero-order chi connectivity index (χ0) is 21.6. The molecule has 164 valence electrons. The summed E-state index contributed by atoms with van der Waals surface area (Å²) in [5.41, 5.74) is 3.04. The number of carbonyl (C=O) groups excluding carboxylic acids is 2. The van der Waals surface area contributed by atoms with Crippen LogP contribution in [0.15, 0.2) is 48.5 Å². The van der Waals surface area contributed by atoms with Gasteiger partial charge in [0.25, 0.3) is 5.91 Å². The largest absolute Gasteiger partial charge is 0.497 e. The maximum atomic E-state index is 12.5. The van der Waals surface area contributed by atoms with Crippen LogP contribution in [0.3, 0.4) is 0 Å². The molecule has 1 saturated heterocycles. The van der Waals surface area contributed by atoms with E-state index in [1.807, 2.05) is 41.3 Å². The van der Waals surface area contributed by atoms with Gasteiger partial charge in [-0.25, -0.2) is 4.79 Å². The zero-order valence-electron chi connectivity index (χ0n) is 18.1. The number of hydrogen-bond donors (Lipinski definition) is 2. The average Bonchev–Trinajstić information content (AvgIpc) is 3.63. The van der Waals surface area contributed by atoms with Gasteiger partial charge in [0, 0.05) is 31.2 Å². The lowest BCUT2D eigenvalue weighted by molar-refractivity contribution is 0.0951. The van der Waals surface area contributed by atoms with E-state index in [9.17, 15) is 9.59 Å². The molecular weight excluding hydrogens is 390 g/mol. The summed E-state index contributed by atoms with van der Waals surface area (Å²) in [5.74, 6) is 1.41. The lowest BCUT2D eigenvalue weighted by Crippen LogP contribution is -2.44. The van der Waals surface area contributed by atoms with E-state index < -0.39 is 0 Å². The minimum Gasteiger partial charge on any atom is -0.497 e. The molecule has 1 aliphatic carbocycles. The number of benzene rings is 2. The normalized spacial score (nSPS) is 16.6. The number of likely N-dealkylation sites (tertiary alicyclic amines) is 1. The van der Waals surface area contributed by atoms with E-state index in [0.29, 0.717) is 18.5 Å². The van der Waals surface area contributed by atoms with Crippen LogP contribution >= 0.6 is 0 Å². The smallest absolute Gasteiger partial charge is 0.317 e. The first-order valence-electron chi connectivity index (χ1n) is 11.2. The second kappa shape index (κ2) is 9.86. The van der Waals surface area contributed by atoms with Gasteiger partial charge in [0.15, 0.2) is 0 Å². The molecule has 1 saturated carbocycles. The van der Waals surface area contributed by atoms with Gasteiger partial charge in [0.05, 0.1) is 7.11 Å². The van der Waals surface area contributed by atoms with Crippen molar-refractivity contribution in [3.8, 4) is 5.75 Å². The van der Waals surface area contributed by atoms with Crippen LogP contribution in [0, 0.1) is 5.92 Å². The Bertz CT molecular complexity index is 883. The fraction of sp³-hybridized carbons (Fsp3) is 0.440. The minimum atomic E-state index is 0.000274. The Labute approximate surface area is 184 Å². The Kier molecular flexibility index (Phi) is 6.75. The number of nitrogens with one attached hydrogen (secondary N) is 2. The first-order valence-corrected chi connectivity index (χ1v) is 11.2. The van der Waals surface area contributed by atoms with E-state index in [-0.39, 0.29) is 11.9 Å². The van der Waals surface area contributed by atoms with Crippen molar-refractivity contribution in [1.82, 2.24) is 15.5 Å². The lowest BCUT2D eigenvalue weighted by Gasteiger charge is -2.32. The van der Waals surface area contributed by atoms with Gasteiger partial charge < -0.3 is 20.3 Å². The highest BCUT2D eigenvalue weighted by Gasteiger charge is 2.24. The highest BCUT2D eigenvalue weighted by molar-refractivity contribution is 5.94. The number of amides is 3. The van der Waals surface area contributed by atoms with Gasteiger partial charge >= 0.3 is 6.03 Å². The first kappa shape index (κ1) is 21.2. The van der Waals surface area contributed by atoms with Gasteiger partial charge in [-0.2, -0.15) is 0 Å². The molecule has 2 aliphatic rings. The fourth-order valence-electron chi connectivity index (χ4n) is 3.99. The van der Waals surface area contributed by atoms with Crippen LogP contribution in [0.1, 0.15) is 47.2 Å². The van der Waals surface area contributed by atoms with Gasteiger partial charge in [-0.3, -0.25) is 4.79 Å². The van der Waals surface area contributed by atoms with Gasteiger partial charge in [-0.1, -0.05) is 24.3 Å². The third-order valence-corrected chi connectivity index (χ3v) is 6.16. The number of rotatable bonds is 7. The maximum absolute atomic E-state index is 12.5. The summed E-state index contributed by atoms with van der Waals surface area (Å²) in [7, 11) is 1.64. The molecule has 0 unspecified atom stereocenters. The van der Waals surface area contributed by atoms with Crippen molar-refractivity contribution >= 4 is 11.9 Å². The SMILES string of the molecule is COc1ccc(CNC(=O)N2CCC(Cc3ccc(C(=O)NC4CC4)cc3)CC2)cc1. The molecule has 2 aromatic rings. The predicted molar refractivity (Wildman–Crippen MR) is 120 cm³/mol. The Balaban J connectivity index is 1.19. The van der Waals surface area contributed by atoms with E-state index >= 15 is 0 Å². The Morgan fingerprint density at radius 2 is 1.58 bits per heavy atom. The summed E-state index contributed by atoms with van der Waals surface area (Å²) in [4.78, 5) is 26.5. The summed E-state index contributed by atoms with van der Waals surface area (Å²) in [5, 5.41) is 6.04. The van der Waals surface area contributed by atoms with Crippen LogP contribution in [-0.2, 0) is 13.0 Å². The number of piperidine rings is 1. The van der Waals surface area contributed by atoms with Crippen molar-refractivity contribution < 1.29 is 14.3 Å². The van der Waals surface area contributed by atoms with Crippen molar-refractivity contribution in [1.29, 1.82) is 0 Å². The third-order valence-electron chi connectivity index (χ3n) is 6.16. The second-order valence-corrected chi connectivity index (χ2v) is 8.59. The molecule has 0 aromatic heterocycles. The number of urea groups is 1. The molecule has 0 spiro atoms. The van der Waals surface area contributed by atoms with Gasteiger partial charge in [-0.15, -0.1) is 0 Å². The highest BCUT2D eigenvalue weighted by atomic mass is 16.5. The molecule has 0 radical (unpaired) electrons. The molecule has 6 nitrogen and oxygen atoms in total. The van der Waals surface area contributed by atoms with E-state index in [4.69, 9.17) is 4.74 Å². The van der Waals surface area contributed by atoms with Crippen molar-refractivity contribution in [2.75, 3.05) is 20.2 Å². The van der Waals surface area contributed by atoms with Crippen LogP contribution < -0.4 is 15.4 Å². The number of nitrogens with zero attached hydrogens (tertiary/aromatic N) is 1. The summed E-state index contributed by atoms with van der Waals surface area (Å²) in [6.07, 6.45) is 5.19. The number of hydrogen-bond acceptors (Lipinski definition) is 3. The molecule has 6 heteroatoms. The van der Waals surface area contributed by atoms with Crippen LogP contribution in [0.25, 0.3) is 0 Å². The second-order valence-electron chi connectivity index (χ2n) is 8.59. The molecule has 31 heavy (non-hydrogen) atoms. The molecular formula is C25H31N3O3. The molecule has 1 heterocycles. The van der Waals surface area contributed by atoms with E-state index in [1.165, 1.54) is 5.56 Å². The Morgan fingerprint density at radius 1 is 0.935 bits per heavy atom. The molecule has 0 bridgehead atoms. The van der Waals surface area contributed by atoms with Crippen molar-refractivity contribution in [3.05, 3.63) is 65.2 Å². The fourth-order valence-corrected chi connectivity index (χ4v) is 3.99. The van der Waals surface area contributed by atoms with Crippen molar-refractivity contribution in [2.45, 2.75) is 44.7 Å². The lowest BCUT2D eigenvalue weighted by atomic mass is 9.90. The predicted octanol–water partition coefficient (Wildman–Crippen LogP) is 3.75. The molecule has 2 N–H and O–H groups in total. The van der Waals surface area contributed by atoms with Crippen molar-refractivity contribution in [2.24, 2.45) is 5.92 Å². The van der Waals surface area contributed by atoms with E-state index in [1.54, 1.807) is 7.11 Å². The Morgan fingerprint density at radius 3 is 2.19 bits per heavy atom. The zero-order valence-corrected chi connectivity index (χ0v) is 18.1. The van der Waals surface area contributed by atoms with Gasteiger partial charge in [0.1, 0.15) is 5.75 Å². The standard InChI is InChI=1S/C25H31N3O3/c1-31-23-10-4-20(5-11-23)17-26-25(30)28-14-12-19(13-15-28)16-18-2-6-21(7-3-18)24(29)27-22-8-9-22/h2-7,10-11,19,22H,8-9,12-17H2,1H3,(H,26,30)(H,27,29). The number of methoxy groups -OCH3 is 1. The number of ether oxygens (including phenoxy) is 1. The van der Waals surface area contributed by atoms with E-state index in [0.717, 1.165) is 62.1 Å². The van der Waals surface area contributed by atoms with Gasteiger partial charge in [0.2, 0.25) is 0 Å². The van der Waals surface area contributed by atoms with Crippen molar-refractivity contribution in [3.63, 3.8) is 0 Å². The summed E-state index contributed by atoms with van der Waals surface area (Å²) >= 11 is 0. The summed E-state index contributed by atoms with van der Waals surface area (Å²) in [6.45, 7) is 2.07. The maximum Gasteiger partial charge on any atom is 0.317 e. The first-order chi connectivity index (χ1) is 15.1. The molecule has 4 rings (SSSR count). The molecule has 1 aliphatic heterocycles. The molecule has 3 amide bonds. The van der Waals surface area contributed by atoms with E-state index in [2.05, 4.69) is 22.8 Å². The topological polar surface area (TPSA) is 70.7 Å². The molecule has 0 atom stereocenters. The van der Waals surface area contributed by atoms with Gasteiger partial charge in [-0.05, 0) is 73.4 Å². The highest BCUT2D eigenvalue weighted by Crippen LogP contribution is 2.23. The summed E-state index contributed by atoms with van der Waals surface area (Å²) in [6, 6.07) is 16.1. The van der Waals surface area contributed by atoms with Crippen LogP contribution in [0.2, 0.25) is 0 Å². The molecule has 2 fully saturated rings. The third kappa shape index (κ3) is 6.00. The number of carbonyl (C=O) groups is 2. The monoisotopic (exact) mass is 421 g/mol. The minimum absolute atomic E-state index is 0.000274. The Hall–Kier alpha value is -3.02. The van der Waals surface area contributed by atoms with Crippen LogP contribution in [0.5, 0.6) is 5.75 Å². The quantitative estimate of drug-likeness (QED) is 0.715. The van der Waals surface area contributed by atoms with Crippen LogP contribution in [-0.4, -0.2) is 43.1 Å². The molecule has 2 aromatic carbocycles. The average molecular weight is 422 g/mol. The summed E-state index contributed by atoms with van der Waals surface area (Å²) < 4.78 is 5.16.